The molecule has 7 nitrogen and oxygen atoms in total. The van der Waals surface area contributed by atoms with E-state index < -0.39 is 21.4 Å². The first-order chi connectivity index (χ1) is 12.1. The van der Waals surface area contributed by atoms with Gasteiger partial charge in [-0.3, -0.25) is 9.59 Å². The number of carbonyl (C=O) groups excluding carboxylic acids is 1. The largest absolute Gasteiger partial charge is 0.481 e. The van der Waals surface area contributed by atoms with Crippen molar-refractivity contribution in [3.05, 3.63) is 29.3 Å². The predicted molar refractivity (Wildman–Crippen MR) is 95.1 cm³/mol. The highest BCUT2D eigenvalue weighted by atomic mass is 32.2. The van der Waals surface area contributed by atoms with Gasteiger partial charge in [-0.05, 0) is 49.8 Å². The first-order valence-corrected chi connectivity index (χ1v) is 10.3. The maximum absolute atomic E-state index is 13.0. The average molecular weight is 380 g/mol. The molecule has 142 valence electrons. The summed E-state index contributed by atoms with van der Waals surface area (Å²) in [5.74, 6) is -0.750. The molecule has 0 aromatic heterocycles. The standard InChI is InChI=1S/C18H24N2O5S/c1-12-3-6-14(26(19,24)25)9-15(12)16(21)20-8-2-7-18(11-20,17(22)23)10-13-4-5-13/h3,6,9,13H,2,4-5,7-8,10-11H2,1H3,(H,22,23)(H2,19,24,25)/t18-/m0/s1. The van der Waals surface area contributed by atoms with Crippen molar-refractivity contribution in [3.8, 4) is 0 Å². The van der Waals surface area contributed by atoms with Gasteiger partial charge in [0.2, 0.25) is 10.0 Å². The zero-order valence-electron chi connectivity index (χ0n) is 14.8. The van der Waals surface area contributed by atoms with Crippen molar-refractivity contribution in [1.29, 1.82) is 0 Å². The molecule has 1 atom stereocenters. The van der Waals surface area contributed by atoms with Crippen LogP contribution in [-0.2, 0) is 14.8 Å². The van der Waals surface area contributed by atoms with Crippen molar-refractivity contribution in [2.75, 3.05) is 13.1 Å². The Morgan fingerprint density at radius 2 is 2.04 bits per heavy atom. The van der Waals surface area contributed by atoms with Gasteiger partial charge in [-0.2, -0.15) is 0 Å². The molecule has 0 bridgehead atoms. The Morgan fingerprint density at radius 3 is 2.62 bits per heavy atom. The van der Waals surface area contributed by atoms with E-state index in [0.717, 1.165) is 12.8 Å². The molecule has 26 heavy (non-hydrogen) atoms. The third kappa shape index (κ3) is 3.76. The van der Waals surface area contributed by atoms with Crippen molar-refractivity contribution in [2.24, 2.45) is 16.5 Å². The molecule has 1 heterocycles. The predicted octanol–water partition coefficient (Wildman–Crippen LogP) is 1.75. The number of nitrogens with two attached hydrogens (primary N) is 1. The number of hydrogen-bond acceptors (Lipinski definition) is 4. The number of carboxylic acids is 1. The van der Waals surface area contributed by atoms with Crippen molar-refractivity contribution >= 4 is 21.9 Å². The van der Waals surface area contributed by atoms with Crippen LogP contribution in [0.1, 0.15) is 48.0 Å². The fraction of sp³-hybridized carbons (Fsp3) is 0.556. The number of hydrogen-bond donors (Lipinski definition) is 2. The smallest absolute Gasteiger partial charge is 0.311 e. The number of likely N-dealkylation sites (tertiary alicyclic amines) is 1. The van der Waals surface area contributed by atoms with Gasteiger partial charge in [-0.25, -0.2) is 13.6 Å². The van der Waals surface area contributed by atoms with Crippen LogP contribution in [0, 0.1) is 18.3 Å². The third-order valence-corrected chi connectivity index (χ3v) is 6.37. The van der Waals surface area contributed by atoms with Gasteiger partial charge in [-0.15, -0.1) is 0 Å². The molecule has 3 N–H and O–H groups in total. The van der Waals surface area contributed by atoms with Crippen LogP contribution in [0.3, 0.4) is 0 Å². The fourth-order valence-corrected chi connectivity index (χ4v) is 4.33. The number of rotatable bonds is 5. The molecule has 1 saturated heterocycles. The number of carbonyl (C=O) groups is 2. The Kier molecular flexibility index (Phi) is 4.83. The maximum Gasteiger partial charge on any atom is 0.311 e. The Hall–Kier alpha value is -1.93. The Morgan fingerprint density at radius 1 is 1.35 bits per heavy atom. The number of aryl methyl sites for hydroxylation is 1. The second-order valence-corrected chi connectivity index (χ2v) is 9.15. The molecular weight excluding hydrogens is 356 g/mol. The van der Waals surface area contributed by atoms with Crippen LogP contribution in [0.5, 0.6) is 0 Å². The monoisotopic (exact) mass is 380 g/mol. The van der Waals surface area contributed by atoms with E-state index in [0.29, 0.717) is 37.3 Å². The van der Waals surface area contributed by atoms with Crippen molar-refractivity contribution in [1.82, 2.24) is 4.90 Å². The first kappa shape index (κ1) is 18.8. The van der Waals surface area contributed by atoms with Crippen LogP contribution < -0.4 is 5.14 Å². The zero-order valence-corrected chi connectivity index (χ0v) is 15.6. The highest BCUT2D eigenvalue weighted by molar-refractivity contribution is 7.89. The SMILES string of the molecule is Cc1ccc(S(N)(=O)=O)cc1C(=O)N1CCC[C@@](CC2CC2)(C(=O)O)C1. The van der Waals surface area contributed by atoms with Crippen LogP contribution in [-0.4, -0.2) is 43.4 Å². The summed E-state index contributed by atoms with van der Waals surface area (Å²) in [6.45, 7) is 2.35. The molecule has 0 radical (unpaired) electrons. The second kappa shape index (κ2) is 6.66. The number of benzene rings is 1. The van der Waals surface area contributed by atoms with E-state index >= 15 is 0 Å². The molecule has 1 saturated carbocycles. The van der Waals surface area contributed by atoms with Crippen LogP contribution in [0.15, 0.2) is 23.1 Å². The highest BCUT2D eigenvalue weighted by Crippen LogP contribution is 2.45. The summed E-state index contributed by atoms with van der Waals surface area (Å²) in [4.78, 5) is 26.4. The average Bonchev–Trinajstić information content (AvgIpc) is 3.37. The van der Waals surface area contributed by atoms with Gasteiger partial charge in [0.15, 0.2) is 0 Å². The van der Waals surface area contributed by atoms with E-state index in [4.69, 9.17) is 5.14 Å². The molecule has 3 rings (SSSR count). The summed E-state index contributed by atoms with van der Waals surface area (Å²) in [5, 5.41) is 15.0. The second-order valence-electron chi connectivity index (χ2n) is 7.58. The van der Waals surface area contributed by atoms with Gasteiger partial charge in [0, 0.05) is 18.7 Å². The van der Waals surface area contributed by atoms with Gasteiger partial charge in [0.05, 0.1) is 10.3 Å². The van der Waals surface area contributed by atoms with E-state index in [1.54, 1.807) is 17.9 Å². The van der Waals surface area contributed by atoms with Crippen LogP contribution in [0.25, 0.3) is 0 Å². The summed E-state index contributed by atoms with van der Waals surface area (Å²) >= 11 is 0. The van der Waals surface area contributed by atoms with Crippen molar-refractivity contribution in [2.45, 2.75) is 43.9 Å². The lowest BCUT2D eigenvalue weighted by atomic mass is 9.75. The Labute approximate surface area is 153 Å². The highest BCUT2D eigenvalue weighted by Gasteiger charge is 2.47. The molecule has 2 aliphatic rings. The number of carboxylic acid groups (broad SMARTS) is 1. The lowest BCUT2D eigenvalue weighted by Gasteiger charge is -2.40. The Bertz CT molecular complexity index is 847. The van der Waals surface area contributed by atoms with E-state index in [2.05, 4.69) is 0 Å². The minimum atomic E-state index is -3.92. The summed E-state index contributed by atoms with van der Waals surface area (Å²) in [6, 6.07) is 4.20. The molecule has 1 aliphatic heterocycles. The Balaban J connectivity index is 1.88. The fourth-order valence-electron chi connectivity index (χ4n) is 3.79. The summed E-state index contributed by atoms with van der Waals surface area (Å²) in [7, 11) is -3.92. The molecule has 1 amide bonds. The number of amides is 1. The van der Waals surface area contributed by atoms with Crippen LogP contribution in [0.4, 0.5) is 0 Å². The van der Waals surface area contributed by atoms with Crippen molar-refractivity contribution < 1.29 is 23.1 Å². The lowest BCUT2D eigenvalue weighted by molar-refractivity contribution is -0.152. The number of primary sulfonamides is 1. The number of aliphatic carboxylic acids is 1. The molecule has 0 spiro atoms. The minimum Gasteiger partial charge on any atom is -0.481 e. The van der Waals surface area contributed by atoms with Gasteiger partial charge in [0.25, 0.3) is 5.91 Å². The molecule has 1 aliphatic carbocycles. The molecule has 1 aromatic rings. The normalized spacial score (nSPS) is 23.7. The number of piperidine rings is 1. The molecule has 8 heteroatoms. The van der Waals surface area contributed by atoms with Gasteiger partial charge in [-0.1, -0.05) is 18.9 Å². The summed E-state index contributed by atoms with van der Waals surface area (Å²) in [6.07, 6.45) is 3.90. The molecule has 1 aromatic carbocycles. The third-order valence-electron chi connectivity index (χ3n) is 5.46. The summed E-state index contributed by atoms with van der Waals surface area (Å²) < 4.78 is 23.2. The number of sulfonamides is 1. The van der Waals surface area contributed by atoms with E-state index in [-0.39, 0.29) is 22.9 Å². The molecule has 0 unspecified atom stereocenters. The lowest BCUT2D eigenvalue weighted by Crippen LogP contribution is -2.50. The quantitative estimate of drug-likeness (QED) is 0.807. The zero-order chi connectivity index (χ0) is 19.1. The van der Waals surface area contributed by atoms with Gasteiger partial charge < -0.3 is 10.0 Å². The first-order valence-electron chi connectivity index (χ1n) is 8.78. The van der Waals surface area contributed by atoms with E-state index in [1.165, 1.54) is 12.1 Å². The summed E-state index contributed by atoms with van der Waals surface area (Å²) in [5.41, 5.74) is -0.0131. The van der Waals surface area contributed by atoms with Crippen LogP contribution in [0.2, 0.25) is 0 Å². The van der Waals surface area contributed by atoms with E-state index in [1.807, 2.05) is 0 Å². The van der Waals surface area contributed by atoms with Crippen LogP contribution >= 0.6 is 0 Å². The molecule has 2 fully saturated rings. The van der Waals surface area contributed by atoms with Gasteiger partial charge in [0.1, 0.15) is 0 Å². The van der Waals surface area contributed by atoms with E-state index in [9.17, 15) is 23.1 Å². The van der Waals surface area contributed by atoms with Gasteiger partial charge >= 0.3 is 5.97 Å². The molecular formula is C18H24N2O5S. The maximum atomic E-state index is 13.0. The minimum absolute atomic E-state index is 0.120. The number of nitrogens with zero attached hydrogens (tertiary/aromatic N) is 1. The van der Waals surface area contributed by atoms with Crippen molar-refractivity contribution in [3.63, 3.8) is 0 Å². The topological polar surface area (TPSA) is 118 Å².